The van der Waals surface area contributed by atoms with Crippen molar-refractivity contribution in [2.24, 2.45) is 0 Å². The van der Waals surface area contributed by atoms with Crippen LogP contribution < -0.4 is 26.4 Å². The van der Waals surface area contributed by atoms with Gasteiger partial charge in [-0.2, -0.15) is 0 Å². The van der Waals surface area contributed by atoms with Crippen molar-refractivity contribution in [3.05, 3.63) is 148 Å². The SMILES string of the molecule is Cc1cc2c3c(c1)N(c1ccc4c(c1)C(C)(C)CCC4(C)C)c1c(oc4cc5c(cc14)C(C)(C)CCC5(C)C)B3c1cc(C(C)(C)C)ccc1N2c1ccc(C(C)(C)C)cc1-c1ccccc1. The Morgan fingerprint density at radius 1 is 0.507 bits per heavy atom. The lowest BCUT2D eigenvalue weighted by Gasteiger charge is -2.45. The van der Waals surface area contributed by atoms with Crippen molar-refractivity contribution < 1.29 is 4.42 Å². The number of aryl methyl sites for hydroxylation is 1. The Morgan fingerprint density at radius 3 is 1.66 bits per heavy atom. The first-order chi connectivity index (χ1) is 31.4. The standard InChI is InChI=1S/C63H71BN2O/c1-38-31-52-55-53(32-38)66(50-25-21-40(58(2,3)4)33-43(50)39-19-17-16-18-20-39)51-26-22-41(59(5,6)7)34-49(51)64(55)57-56(44-36-47-48(37-54(44)67-57)63(14,15)30-29-62(47,12)13)65(52)42-23-24-45-46(35-42)61(10,11)28-27-60(45,8)9/h16-26,31-37H,27-30H2,1-15H3. The molecule has 3 nitrogen and oxygen atoms in total. The zero-order valence-electron chi connectivity index (χ0n) is 43.1. The molecule has 0 saturated heterocycles. The van der Waals surface area contributed by atoms with Gasteiger partial charge in [0.25, 0.3) is 6.71 Å². The maximum absolute atomic E-state index is 7.65. The Labute approximate surface area is 402 Å². The average molecular weight is 883 g/mol. The van der Waals surface area contributed by atoms with E-state index >= 15 is 0 Å². The van der Waals surface area contributed by atoms with Gasteiger partial charge in [0.15, 0.2) is 0 Å². The molecular weight excluding hydrogens is 812 g/mol. The lowest BCUT2D eigenvalue weighted by atomic mass is 9.35. The molecule has 0 spiro atoms. The zero-order chi connectivity index (χ0) is 47.5. The van der Waals surface area contributed by atoms with E-state index in [0.29, 0.717) is 0 Å². The minimum Gasteiger partial charge on any atom is -0.468 e. The van der Waals surface area contributed by atoms with Crippen molar-refractivity contribution in [1.29, 1.82) is 0 Å². The molecule has 0 N–H and O–H groups in total. The van der Waals surface area contributed by atoms with Gasteiger partial charge in [-0.15, -0.1) is 0 Å². The highest BCUT2D eigenvalue weighted by atomic mass is 16.3. The van der Waals surface area contributed by atoms with Gasteiger partial charge in [0.1, 0.15) is 5.58 Å². The molecule has 0 saturated carbocycles. The lowest BCUT2D eigenvalue weighted by Crippen LogP contribution is -2.61. The summed E-state index contributed by atoms with van der Waals surface area (Å²) in [6.45, 7) is 35.7. The first-order valence-electron chi connectivity index (χ1n) is 25.2. The Hall–Kier alpha value is -5.48. The van der Waals surface area contributed by atoms with Crippen molar-refractivity contribution in [1.82, 2.24) is 0 Å². The molecule has 342 valence electrons. The molecule has 0 amide bonds. The highest BCUT2D eigenvalue weighted by Gasteiger charge is 2.49. The van der Waals surface area contributed by atoms with Crippen LogP contribution in [-0.2, 0) is 32.5 Å². The highest BCUT2D eigenvalue weighted by Crippen LogP contribution is 2.54. The van der Waals surface area contributed by atoms with E-state index in [-0.39, 0.29) is 39.2 Å². The Morgan fingerprint density at radius 2 is 1.04 bits per heavy atom. The molecule has 4 heteroatoms. The molecule has 1 aromatic heterocycles. The predicted octanol–water partition coefficient (Wildman–Crippen LogP) is 15.8. The minimum atomic E-state index is -0.127. The second kappa shape index (κ2) is 14.3. The maximum atomic E-state index is 7.65. The second-order valence-electron chi connectivity index (χ2n) is 25.7. The van der Waals surface area contributed by atoms with E-state index < -0.39 is 0 Å². The number of rotatable bonds is 3. The fourth-order valence-electron chi connectivity index (χ4n) is 12.4. The van der Waals surface area contributed by atoms with Crippen molar-refractivity contribution in [2.75, 3.05) is 9.80 Å². The molecule has 11 rings (SSSR count). The summed E-state index contributed by atoms with van der Waals surface area (Å²) in [5.74, 6) is 0. The van der Waals surface area contributed by atoms with Crippen LogP contribution in [0.3, 0.4) is 0 Å². The van der Waals surface area contributed by atoms with E-state index in [0.717, 1.165) is 30.5 Å². The third-order valence-corrected chi connectivity index (χ3v) is 16.9. The normalized spacial score (nSPS) is 18.5. The van der Waals surface area contributed by atoms with Crippen LogP contribution in [0.4, 0.5) is 34.1 Å². The minimum absolute atomic E-state index is 0.0163. The van der Waals surface area contributed by atoms with Crippen LogP contribution in [0.2, 0.25) is 0 Å². The molecule has 3 heterocycles. The van der Waals surface area contributed by atoms with E-state index in [1.54, 1.807) is 0 Å². The van der Waals surface area contributed by atoms with Gasteiger partial charge in [0.05, 0.1) is 17.0 Å². The number of anilines is 6. The van der Waals surface area contributed by atoms with E-state index in [4.69, 9.17) is 4.42 Å². The predicted molar refractivity (Wildman–Crippen MR) is 288 cm³/mol. The number of benzene rings is 6. The van der Waals surface area contributed by atoms with Crippen LogP contribution in [0.15, 0.2) is 114 Å². The summed E-state index contributed by atoms with van der Waals surface area (Å²) in [4.78, 5) is 5.24. The van der Waals surface area contributed by atoms with Gasteiger partial charge in [0.2, 0.25) is 0 Å². The zero-order valence-corrected chi connectivity index (χ0v) is 43.1. The van der Waals surface area contributed by atoms with Crippen LogP contribution in [-0.4, -0.2) is 6.71 Å². The van der Waals surface area contributed by atoms with Crippen molar-refractivity contribution in [3.8, 4) is 11.1 Å². The molecule has 0 bridgehead atoms. The Balaban J connectivity index is 1.27. The fraction of sp³-hybridized carbons (Fsp3) is 0.397. The van der Waals surface area contributed by atoms with Crippen LogP contribution >= 0.6 is 0 Å². The number of fused-ring (bicyclic) bond motifs is 8. The van der Waals surface area contributed by atoms with Crippen molar-refractivity contribution in [2.45, 2.75) is 162 Å². The quantitative estimate of drug-likeness (QED) is 0.165. The van der Waals surface area contributed by atoms with Gasteiger partial charge in [0, 0.05) is 33.7 Å². The Kier molecular flexibility index (Phi) is 9.39. The monoisotopic (exact) mass is 883 g/mol. The molecule has 7 aromatic rings. The van der Waals surface area contributed by atoms with Gasteiger partial charge < -0.3 is 14.2 Å². The second-order valence-corrected chi connectivity index (χ2v) is 25.7. The summed E-state index contributed by atoms with van der Waals surface area (Å²) in [6.07, 6.45) is 4.66. The van der Waals surface area contributed by atoms with Crippen LogP contribution in [0.5, 0.6) is 0 Å². The summed E-state index contributed by atoms with van der Waals surface area (Å²) in [6, 6.07) is 42.9. The smallest absolute Gasteiger partial charge is 0.297 e. The van der Waals surface area contributed by atoms with Crippen LogP contribution in [0.1, 0.15) is 162 Å². The maximum Gasteiger partial charge on any atom is 0.297 e. The molecule has 4 aliphatic rings. The van der Waals surface area contributed by atoms with Gasteiger partial charge in [-0.3, -0.25) is 0 Å². The van der Waals surface area contributed by atoms with Crippen molar-refractivity contribution >= 4 is 68.4 Å². The topological polar surface area (TPSA) is 19.6 Å². The van der Waals surface area contributed by atoms with Gasteiger partial charge >= 0.3 is 0 Å². The molecule has 0 unspecified atom stereocenters. The molecule has 0 fully saturated rings. The summed E-state index contributed by atoms with van der Waals surface area (Å²) in [5, 5.41) is 1.21. The first-order valence-corrected chi connectivity index (χ1v) is 25.2. The average Bonchev–Trinajstić information content (AvgIpc) is 3.64. The van der Waals surface area contributed by atoms with E-state index in [1.807, 2.05) is 0 Å². The largest absolute Gasteiger partial charge is 0.468 e. The molecule has 6 aromatic carbocycles. The van der Waals surface area contributed by atoms with E-state index in [2.05, 4.69) is 223 Å². The number of hydrogen-bond donors (Lipinski definition) is 0. The molecule has 2 aliphatic heterocycles. The molecule has 2 aliphatic carbocycles. The Bertz CT molecular complexity index is 3180. The first kappa shape index (κ1) is 44.1. The fourth-order valence-corrected chi connectivity index (χ4v) is 12.4. The lowest BCUT2D eigenvalue weighted by molar-refractivity contribution is 0.332. The van der Waals surface area contributed by atoms with Crippen molar-refractivity contribution in [3.63, 3.8) is 0 Å². The third kappa shape index (κ3) is 6.73. The van der Waals surface area contributed by atoms with Gasteiger partial charge in [-0.05, 0) is 175 Å². The molecule has 67 heavy (non-hydrogen) atoms. The van der Waals surface area contributed by atoms with E-state index in [9.17, 15) is 0 Å². The molecular formula is C63H71BN2O. The summed E-state index contributed by atoms with van der Waals surface area (Å²) < 4.78 is 7.65. The summed E-state index contributed by atoms with van der Waals surface area (Å²) >= 11 is 0. The number of hydrogen-bond acceptors (Lipinski definition) is 3. The number of furan rings is 1. The van der Waals surface area contributed by atoms with Gasteiger partial charge in [-0.25, -0.2) is 0 Å². The molecule has 0 radical (unpaired) electrons. The van der Waals surface area contributed by atoms with E-state index in [1.165, 1.54) is 107 Å². The summed E-state index contributed by atoms with van der Waals surface area (Å²) in [7, 11) is 0. The molecule has 0 atom stereocenters. The highest BCUT2D eigenvalue weighted by molar-refractivity contribution is 7.00. The third-order valence-electron chi connectivity index (χ3n) is 16.9. The number of nitrogens with zero attached hydrogens (tertiary/aromatic N) is 2. The van der Waals surface area contributed by atoms with Gasteiger partial charge in [-0.1, -0.05) is 152 Å². The van der Waals surface area contributed by atoms with Crippen LogP contribution in [0, 0.1) is 6.92 Å². The van der Waals surface area contributed by atoms with Crippen LogP contribution in [0.25, 0.3) is 22.1 Å². The summed E-state index contributed by atoms with van der Waals surface area (Å²) in [5.41, 5.74) is 24.2.